The van der Waals surface area contributed by atoms with Gasteiger partial charge in [0.05, 0.1) is 21.0 Å². The summed E-state index contributed by atoms with van der Waals surface area (Å²) in [7, 11) is 0. The molecule has 4 aromatic rings. The Morgan fingerprint density at radius 3 is 2.62 bits per heavy atom. The number of rotatable bonds is 2. The monoisotopic (exact) mass is 337 g/mol. The second kappa shape index (κ2) is 5.32. The largest absolute Gasteiger partial charge is 0.352 e. The minimum atomic E-state index is -0.421. The van der Waals surface area contributed by atoms with Crippen LogP contribution in [0.4, 0.5) is 5.69 Å². The third-order valence-electron chi connectivity index (χ3n) is 4.00. The van der Waals surface area contributed by atoms with Crippen molar-refractivity contribution < 1.29 is 4.92 Å². The number of benzene rings is 2. The van der Waals surface area contributed by atoms with Crippen LogP contribution in [0.3, 0.4) is 0 Å². The quantitative estimate of drug-likeness (QED) is 0.401. The van der Waals surface area contributed by atoms with E-state index < -0.39 is 4.92 Å². The van der Waals surface area contributed by atoms with Crippen molar-refractivity contribution in [2.24, 2.45) is 0 Å². The van der Waals surface area contributed by atoms with Crippen molar-refractivity contribution in [2.45, 2.75) is 6.92 Å². The Morgan fingerprint density at radius 1 is 1.17 bits per heavy atom. The maximum atomic E-state index is 11.4. The number of H-pyrrole nitrogens is 1. The molecule has 4 rings (SSSR count). The molecule has 2 aromatic carbocycles. The predicted octanol–water partition coefficient (Wildman–Crippen LogP) is 5.25. The molecule has 0 aliphatic rings. The Morgan fingerprint density at radius 2 is 1.92 bits per heavy atom. The van der Waals surface area contributed by atoms with Gasteiger partial charge in [0.1, 0.15) is 0 Å². The van der Waals surface area contributed by atoms with Crippen LogP contribution in [0.5, 0.6) is 0 Å². The first-order valence-electron chi connectivity index (χ1n) is 7.37. The van der Waals surface area contributed by atoms with Crippen molar-refractivity contribution in [3.63, 3.8) is 0 Å². The smallest absolute Gasteiger partial charge is 0.295 e. The fraction of sp³-hybridized carbons (Fsp3) is 0.0556. The molecule has 2 heterocycles. The highest BCUT2D eigenvalue weighted by molar-refractivity contribution is 6.40. The summed E-state index contributed by atoms with van der Waals surface area (Å²) in [5.41, 5.74) is 4.21. The van der Waals surface area contributed by atoms with E-state index in [1.807, 2.05) is 42.5 Å². The van der Waals surface area contributed by atoms with Crippen molar-refractivity contribution in [1.29, 1.82) is 0 Å². The molecule has 0 atom stereocenters. The number of halogens is 1. The Kier molecular flexibility index (Phi) is 3.25. The highest BCUT2D eigenvalue weighted by Crippen LogP contribution is 2.36. The van der Waals surface area contributed by atoms with Crippen LogP contribution >= 0.6 is 11.6 Å². The van der Waals surface area contributed by atoms with Crippen LogP contribution in [0, 0.1) is 17.0 Å². The van der Waals surface area contributed by atoms with Crippen LogP contribution in [0.1, 0.15) is 5.56 Å². The first-order valence-corrected chi connectivity index (χ1v) is 7.75. The molecule has 0 saturated carbocycles. The lowest BCUT2D eigenvalue weighted by Crippen LogP contribution is -1.94. The second-order valence-corrected chi connectivity index (χ2v) is 6.05. The summed E-state index contributed by atoms with van der Waals surface area (Å²) >= 11 is 6.53. The van der Waals surface area contributed by atoms with Crippen molar-refractivity contribution in [3.8, 4) is 11.3 Å². The van der Waals surface area contributed by atoms with Crippen LogP contribution in [-0.4, -0.2) is 14.9 Å². The van der Waals surface area contributed by atoms with Gasteiger partial charge in [0.15, 0.2) is 5.52 Å². The Bertz CT molecular complexity index is 1100. The summed E-state index contributed by atoms with van der Waals surface area (Å²) in [5.74, 6) is 0. The number of pyridine rings is 1. The maximum absolute atomic E-state index is 11.4. The van der Waals surface area contributed by atoms with Crippen LogP contribution in [0.2, 0.25) is 5.02 Å². The van der Waals surface area contributed by atoms with Gasteiger partial charge >= 0.3 is 0 Å². The molecule has 2 aromatic heterocycles. The van der Waals surface area contributed by atoms with Crippen molar-refractivity contribution in [2.75, 3.05) is 0 Å². The number of nitrogens with zero attached hydrogens (tertiary/aromatic N) is 2. The zero-order valence-corrected chi connectivity index (χ0v) is 13.5. The zero-order chi connectivity index (χ0) is 16.8. The lowest BCUT2D eigenvalue weighted by atomic mass is 10.1. The van der Waals surface area contributed by atoms with Gasteiger partial charge < -0.3 is 4.98 Å². The van der Waals surface area contributed by atoms with Crippen molar-refractivity contribution >= 4 is 39.2 Å². The third-order valence-corrected chi connectivity index (χ3v) is 4.39. The molecular formula is C18H12ClN3O2. The summed E-state index contributed by atoms with van der Waals surface area (Å²) in [6, 6.07) is 15.0. The van der Waals surface area contributed by atoms with Gasteiger partial charge in [0.2, 0.25) is 0 Å². The van der Waals surface area contributed by atoms with E-state index in [-0.39, 0.29) is 5.69 Å². The van der Waals surface area contributed by atoms with Gasteiger partial charge in [0.25, 0.3) is 5.69 Å². The first-order chi connectivity index (χ1) is 11.5. The van der Waals surface area contributed by atoms with E-state index in [2.05, 4.69) is 9.97 Å². The molecule has 6 heteroatoms. The molecule has 0 unspecified atom stereocenters. The fourth-order valence-corrected chi connectivity index (χ4v) is 3.20. The van der Waals surface area contributed by atoms with Crippen LogP contribution in [0.15, 0.2) is 48.5 Å². The van der Waals surface area contributed by atoms with Gasteiger partial charge in [-0.3, -0.25) is 10.1 Å². The molecular weight excluding hydrogens is 326 g/mol. The standard InChI is InChI=1S/C18H12ClN3O2/c1-10-7-12-16(19)18-14(21-17(12)15(8-10)22(23)24)9-13(20-18)11-5-3-2-4-6-11/h2-9,20H,1H3. The molecule has 0 aliphatic carbocycles. The van der Waals surface area contributed by atoms with Gasteiger partial charge in [0, 0.05) is 17.1 Å². The molecule has 0 spiro atoms. The second-order valence-electron chi connectivity index (χ2n) is 5.67. The van der Waals surface area contributed by atoms with Crippen LogP contribution in [0.25, 0.3) is 33.2 Å². The lowest BCUT2D eigenvalue weighted by Gasteiger charge is -2.04. The molecule has 5 nitrogen and oxygen atoms in total. The van der Waals surface area contributed by atoms with E-state index >= 15 is 0 Å². The zero-order valence-electron chi connectivity index (χ0n) is 12.7. The molecule has 0 bridgehead atoms. The average molecular weight is 338 g/mol. The van der Waals surface area contributed by atoms with E-state index in [1.54, 1.807) is 6.92 Å². The summed E-state index contributed by atoms with van der Waals surface area (Å²) in [5, 5.41) is 12.4. The van der Waals surface area contributed by atoms with Gasteiger partial charge in [-0.2, -0.15) is 0 Å². The molecule has 0 fully saturated rings. The van der Waals surface area contributed by atoms with Crippen molar-refractivity contribution in [3.05, 3.63) is 69.2 Å². The number of hydrogen-bond donors (Lipinski definition) is 1. The minimum Gasteiger partial charge on any atom is -0.352 e. The van der Waals surface area contributed by atoms with Gasteiger partial charge in [-0.25, -0.2) is 4.98 Å². The number of aromatic nitrogens is 2. The predicted molar refractivity (Wildman–Crippen MR) is 95.4 cm³/mol. The minimum absolute atomic E-state index is 0.0312. The molecule has 0 saturated heterocycles. The number of nitro groups is 1. The Hall–Kier alpha value is -2.92. The normalized spacial score (nSPS) is 11.2. The number of nitro benzene ring substituents is 1. The van der Waals surface area contributed by atoms with Gasteiger partial charge in [-0.1, -0.05) is 41.9 Å². The molecule has 0 radical (unpaired) electrons. The molecule has 0 aliphatic heterocycles. The molecule has 0 amide bonds. The number of nitrogens with one attached hydrogen (secondary N) is 1. The summed E-state index contributed by atoms with van der Waals surface area (Å²) in [6.07, 6.45) is 0. The summed E-state index contributed by atoms with van der Waals surface area (Å²) < 4.78 is 0. The van der Waals surface area contributed by atoms with E-state index in [0.29, 0.717) is 27.0 Å². The van der Waals surface area contributed by atoms with E-state index in [0.717, 1.165) is 16.8 Å². The first kappa shape index (κ1) is 14.7. The Labute approximate surface area is 142 Å². The molecule has 24 heavy (non-hydrogen) atoms. The van der Waals surface area contributed by atoms with E-state index in [4.69, 9.17) is 11.6 Å². The number of aromatic amines is 1. The maximum Gasteiger partial charge on any atom is 0.295 e. The number of aryl methyl sites for hydroxylation is 1. The molecule has 1 N–H and O–H groups in total. The fourth-order valence-electron chi connectivity index (χ4n) is 2.91. The summed E-state index contributed by atoms with van der Waals surface area (Å²) in [4.78, 5) is 18.7. The SMILES string of the molecule is Cc1cc([N+](=O)[O-])c2nc3cc(-c4ccccc4)[nH]c3c(Cl)c2c1. The van der Waals surface area contributed by atoms with E-state index in [1.165, 1.54) is 6.07 Å². The average Bonchev–Trinajstić information content (AvgIpc) is 3.00. The van der Waals surface area contributed by atoms with Gasteiger partial charge in [-0.05, 0) is 30.2 Å². The van der Waals surface area contributed by atoms with E-state index in [9.17, 15) is 10.1 Å². The summed E-state index contributed by atoms with van der Waals surface area (Å²) in [6.45, 7) is 1.80. The van der Waals surface area contributed by atoms with Crippen LogP contribution < -0.4 is 0 Å². The highest BCUT2D eigenvalue weighted by atomic mass is 35.5. The number of non-ortho nitro benzene ring substituents is 1. The highest BCUT2D eigenvalue weighted by Gasteiger charge is 2.19. The third kappa shape index (κ3) is 2.21. The van der Waals surface area contributed by atoms with Gasteiger partial charge in [-0.15, -0.1) is 0 Å². The van der Waals surface area contributed by atoms with Crippen LogP contribution in [-0.2, 0) is 0 Å². The lowest BCUT2D eigenvalue weighted by molar-refractivity contribution is -0.383. The topological polar surface area (TPSA) is 71.8 Å². The number of fused-ring (bicyclic) bond motifs is 2. The molecule has 118 valence electrons. The van der Waals surface area contributed by atoms with Crippen molar-refractivity contribution in [1.82, 2.24) is 9.97 Å². The number of hydrogen-bond acceptors (Lipinski definition) is 3. The Balaban J connectivity index is 2.07.